The molecule has 0 aromatic heterocycles. The van der Waals surface area contributed by atoms with E-state index < -0.39 is 6.10 Å². The van der Waals surface area contributed by atoms with Gasteiger partial charge in [0.2, 0.25) is 0 Å². The molecule has 7 heavy (non-hydrogen) atoms. The van der Waals surface area contributed by atoms with Gasteiger partial charge in [0, 0.05) is 0 Å². The zero-order chi connectivity index (χ0) is 4.99. The van der Waals surface area contributed by atoms with E-state index in [1.807, 2.05) is 6.92 Å². The summed E-state index contributed by atoms with van der Waals surface area (Å²) in [5.74, 6) is 0. The topological polar surface area (TPSA) is 23.1 Å². The fourth-order valence-corrected chi connectivity index (χ4v) is 0.271. The van der Waals surface area contributed by atoms with Crippen LogP contribution in [-0.2, 0) is 0 Å². The standard InChI is InChI=1S/C5H9O.Na/c1-3-4-5(2)6;/h3-5H,1-2H3;/q-1;+1/b4-3-;. The summed E-state index contributed by atoms with van der Waals surface area (Å²) in [6.45, 7) is 3.45. The van der Waals surface area contributed by atoms with Gasteiger partial charge in [-0.05, 0) is 6.92 Å². The van der Waals surface area contributed by atoms with Crippen molar-refractivity contribution >= 4 is 0 Å². The van der Waals surface area contributed by atoms with E-state index in [-0.39, 0.29) is 29.6 Å². The van der Waals surface area contributed by atoms with Crippen molar-refractivity contribution in [2.45, 2.75) is 20.0 Å². The summed E-state index contributed by atoms with van der Waals surface area (Å²) in [4.78, 5) is 0. The average molecular weight is 108 g/mol. The summed E-state index contributed by atoms with van der Waals surface area (Å²) >= 11 is 0. The molecule has 0 fully saturated rings. The summed E-state index contributed by atoms with van der Waals surface area (Å²) in [6, 6.07) is 0. The van der Waals surface area contributed by atoms with Crippen molar-refractivity contribution in [3.05, 3.63) is 12.2 Å². The molecule has 0 spiro atoms. The van der Waals surface area contributed by atoms with Crippen LogP contribution in [0, 0.1) is 0 Å². The molecule has 0 N–H and O–H groups in total. The molecule has 0 aliphatic rings. The number of rotatable bonds is 1. The van der Waals surface area contributed by atoms with E-state index in [0.29, 0.717) is 0 Å². The Balaban J connectivity index is 0. The van der Waals surface area contributed by atoms with Crippen molar-refractivity contribution in [2.24, 2.45) is 0 Å². The summed E-state index contributed by atoms with van der Waals surface area (Å²) in [5.41, 5.74) is 0. The molecule has 0 radical (unpaired) electrons. The number of allylic oxidation sites excluding steroid dienone is 1. The van der Waals surface area contributed by atoms with E-state index in [9.17, 15) is 5.11 Å². The van der Waals surface area contributed by atoms with Gasteiger partial charge in [0.15, 0.2) is 0 Å². The maximum absolute atomic E-state index is 10.0. The molecule has 0 aromatic rings. The Hall–Kier alpha value is 0.700. The van der Waals surface area contributed by atoms with Gasteiger partial charge in [-0.25, -0.2) is 0 Å². The predicted octanol–water partition coefficient (Wildman–Crippen LogP) is -2.68. The van der Waals surface area contributed by atoms with E-state index in [0.717, 1.165) is 0 Å². The van der Waals surface area contributed by atoms with Crippen molar-refractivity contribution in [1.82, 2.24) is 0 Å². The summed E-state index contributed by atoms with van der Waals surface area (Å²) < 4.78 is 0. The Labute approximate surface area is 66.7 Å². The summed E-state index contributed by atoms with van der Waals surface area (Å²) in [6.07, 6.45) is 2.84. The first kappa shape index (κ1) is 10.6. The van der Waals surface area contributed by atoms with Crippen LogP contribution in [-0.4, -0.2) is 6.10 Å². The van der Waals surface area contributed by atoms with Gasteiger partial charge in [0.1, 0.15) is 0 Å². The van der Waals surface area contributed by atoms with Crippen molar-refractivity contribution in [3.63, 3.8) is 0 Å². The van der Waals surface area contributed by atoms with Crippen molar-refractivity contribution in [1.29, 1.82) is 0 Å². The zero-order valence-corrected chi connectivity index (χ0v) is 7.14. The van der Waals surface area contributed by atoms with E-state index in [1.54, 1.807) is 19.1 Å². The first-order valence-corrected chi connectivity index (χ1v) is 2.06. The Morgan fingerprint density at radius 3 is 2.00 bits per heavy atom. The zero-order valence-electron chi connectivity index (χ0n) is 5.14. The Morgan fingerprint density at radius 2 is 2.00 bits per heavy atom. The molecule has 1 nitrogen and oxygen atoms in total. The molecule has 2 heteroatoms. The van der Waals surface area contributed by atoms with Crippen molar-refractivity contribution in [2.75, 3.05) is 0 Å². The van der Waals surface area contributed by atoms with Crippen LogP contribution in [0.3, 0.4) is 0 Å². The van der Waals surface area contributed by atoms with Crippen molar-refractivity contribution in [3.8, 4) is 0 Å². The van der Waals surface area contributed by atoms with Gasteiger partial charge >= 0.3 is 29.6 Å². The van der Waals surface area contributed by atoms with Gasteiger partial charge in [-0.2, -0.15) is 0 Å². The molecule has 1 unspecified atom stereocenters. The SMILES string of the molecule is C/C=C\C(C)[O-].[Na+]. The van der Waals surface area contributed by atoms with Gasteiger partial charge in [0.25, 0.3) is 0 Å². The normalized spacial score (nSPS) is 13.6. The first-order valence-electron chi connectivity index (χ1n) is 2.06. The van der Waals surface area contributed by atoms with Crippen LogP contribution in [0.4, 0.5) is 0 Å². The molecule has 0 bridgehead atoms. The van der Waals surface area contributed by atoms with Gasteiger partial charge < -0.3 is 5.11 Å². The van der Waals surface area contributed by atoms with Crippen LogP contribution < -0.4 is 34.7 Å². The van der Waals surface area contributed by atoms with Gasteiger partial charge in [0.05, 0.1) is 0 Å². The van der Waals surface area contributed by atoms with Crippen LogP contribution >= 0.6 is 0 Å². The summed E-state index contributed by atoms with van der Waals surface area (Å²) in [5, 5.41) is 10.0. The molecule has 0 rings (SSSR count). The van der Waals surface area contributed by atoms with E-state index >= 15 is 0 Å². The Morgan fingerprint density at radius 1 is 1.57 bits per heavy atom. The van der Waals surface area contributed by atoms with Crippen LogP contribution in [0.1, 0.15) is 13.8 Å². The largest absolute Gasteiger partial charge is 1.00 e. The third kappa shape index (κ3) is 10.8. The molecule has 0 saturated carbocycles. The predicted molar refractivity (Wildman–Crippen MR) is 24.3 cm³/mol. The molecular weight excluding hydrogens is 99.0 g/mol. The number of hydrogen-bond acceptors (Lipinski definition) is 1. The third-order valence-corrected chi connectivity index (χ3v) is 0.463. The molecule has 0 aromatic carbocycles. The molecule has 0 aliphatic heterocycles. The van der Waals surface area contributed by atoms with E-state index in [1.165, 1.54) is 0 Å². The third-order valence-electron chi connectivity index (χ3n) is 0.463. The number of hydrogen-bond donors (Lipinski definition) is 0. The van der Waals surface area contributed by atoms with Crippen LogP contribution in [0.5, 0.6) is 0 Å². The van der Waals surface area contributed by atoms with E-state index in [2.05, 4.69) is 0 Å². The van der Waals surface area contributed by atoms with Crippen LogP contribution in [0.2, 0.25) is 0 Å². The van der Waals surface area contributed by atoms with Crippen molar-refractivity contribution < 1.29 is 34.7 Å². The fourth-order valence-electron chi connectivity index (χ4n) is 0.271. The molecule has 1 atom stereocenters. The smallest absolute Gasteiger partial charge is 0.849 e. The maximum atomic E-state index is 10.0. The molecule has 0 saturated heterocycles. The molecular formula is C5H9NaO. The molecule has 36 valence electrons. The van der Waals surface area contributed by atoms with Gasteiger partial charge in [-0.1, -0.05) is 13.0 Å². The Bertz CT molecular complexity index is 50.0. The monoisotopic (exact) mass is 108 g/mol. The van der Waals surface area contributed by atoms with Gasteiger partial charge in [-0.3, -0.25) is 0 Å². The molecule has 0 heterocycles. The first-order chi connectivity index (χ1) is 2.77. The minimum atomic E-state index is -0.532. The molecule has 0 aliphatic carbocycles. The van der Waals surface area contributed by atoms with Gasteiger partial charge in [-0.15, -0.1) is 12.2 Å². The average Bonchev–Trinajstić information content (AvgIpc) is 1.35. The fraction of sp³-hybridized carbons (Fsp3) is 0.600. The minimum Gasteiger partial charge on any atom is -0.849 e. The molecule has 0 amide bonds. The second-order valence-electron chi connectivity index (χ2n) is 1.23. The second-order valence-corrected chi connectivity index (χ2v) is 1.23. The van der Waals surface area contributed by atoms with E-state index in [4.69, 9.17) is 0 Å². The quantitative estimate of drug-likeness (QED) is 0.265. The van der Waals surface area contributed by atoms with Crippen LogP contribution in [0.15, 0.2) is 12.2 Å². The second kappa shape index (κ2) is 6.70. The maximum Gasteiger partial charge on any atom is 1.00 e. The Kier molecular flexibility index (Phi) is 10.2. The summed E-state index contributed by atoms with van der Waals surface area (Å²) in [7, 11) is 0. The minimum absolute atomic E-state index is 0. The van der Waals surface area contributed by atoms with Crippen LogP contribution in [0.25, 0.3) is 0 Å².